The first-order valence-electron chi connectivity index (χ1n) is 17.8. The van der Waals surface area contributed by atoms with E-state index in [1.54, 1.807) is 20.3 Å². The fourth-order valence-electron chi connectivity index (χ4n) is 8.76. The van der Waals surface area contributed by atoms with Gasteiger partial charge in [-0.1, -0.05) is 30.9 Å². The van der Waals surface area contributed by atoms with E-state index in [0.717, 1.165) is 46.0 Å². The zero-order valence-electron chi connectivity index (χ0n) is 31.2. The predicted octanol–water partition coefficient (Wildman–Crippen LogP) is 6.64. The van der Waals surface area contributed by atoms with Crippen molar-refractivity contribution in [1.29, 1.82) is 5.26 Å². The molecule has 11 nitrogen and oxygen atoms in total. The molecular formula is C41H42F3N3O8. The maximum Gasteiger partial charge on any atom is 0.416 e. The van der Waals surface area contributed by atoms with Crippen LogP contribution in [0, 0.1) is 25.2 Å². The molecule has 3 unspecified atom stereocenters. The minimum Gasteiger partial charge on any atom is -0.493 e. The number of carbonyl (C=O) groups excluding carboxylic acids is 1. The Morgan fingerprint density at radius 1 is 1.05 bits per heavy atom. The van der Waals surface area contributed by atoms with Crippen molar-refractivity contribution in [3.63, 3.8) is 0 Å². The van der Waals surface area contributed by atoms with Crippen molar-refractivity contribution < 1.29 is 51.1 Å². The summed E-state index contributed by atoms with van der Waals surface area (Å²) >= 11 is 0. The van der Waals surface area contributed by atoms with Gasteiger partial charge in [-0.15, -0.1) is 0 Å². The molecular weight excluding hydrogens is 719 g/mol. The Balaban J connectivity index is 1.36. The number of carbonyl (C=O) groups is 1. The van der Waals surface area contributed by atoms with E-state index in [4.69, 9.17) is 33.2 Å². The molecule has 0 spiro atoms. The standard InChI is InChI=1S/C41H42F3N3O8/c1-7-13-51-37-23(3)38-40(55-21-54-38)34-27(37)17-29-35-33-25(14-22(2)36(50-6)39(33)53-20-49-5)16-28(46(35)4)30(18-45)47(29)31(34)19-52-32(48)12-11-24-9-8-10-26(15-24)41(42,43)44/h7-12,14-15,28-31,35H,1,13,16-17,19-21H2,2-6H3/b12-11+/t28?,29?,30-,31-,35?/m0/s1. The number of hydrogen-bond donors (Lipinski definition) is 0. The van der Waals surface area contributed by atoms with Crippen LogP contribution in [0.5, 0.6) is 28.7 Å². The van der Waals surface area contributed by atoms with Crippen molar-refractivity contribution in [2.24, 2.45) is 0 Å². The van der Waals surface area contributed by atoms with E-state index in [1.165, 1.54) is 18.2 Å². The summed E-state index contributed by atoms with van der Waals surface area (Å²) in [6, 6.07) is 6.98. The molecule has 55 heavy (non-hydrogen) atoms. The van der Waals surface area contributed by atoms with Gasteiger partial charge in [0.25, 0.3) is 0 Å². The molecule has 3 aromatic rings. The average Bonchev–Trinajstić information content (AvgIpc) is 3.65. The number of benzene rings is 3. The lowest BCUT2D eigenvalue weighted by molar-refractivity contribution is -0.143. The first kappa shape index (κ1) is 38.1. The number of nitrogens with zero attached hydrogens (tertiary/aromatic N) is 3. The summed E-state index contributed by atoms with van der Waals surface area (Å²) in [4.78, 5) is 17.7. The normalized spacial score (nSPS) is 22.6. The lowest BCUT2D eigenvalue weighted by Crippen LogP contribution is -2.68. The molecule has 0 aromatic heterocycles. The Morgan fingerprint density at radius 3 is 2.55 bits per heavy atom. The molecule has 5 atom stereocenters. The fraction of sp³-hybridized carbons (Fsp3) is 0.415. The molecule has 0 N–H and O–H groups in total. The van der Waals surface area contributed by atoms with E-state index in [9.17, 15) is 23.2 Å². The quantitative estimate of drug-likeness (QED) is 0.0909. The van der Waals surface area contributed by atoms with Crippen LogP contribution in [0.1, 0.15) is 56.6 Å². The second-order valence-corrected chi connectivity index (χ2v) is 14.0. The highest BCUT2D eigenvalue weighted by Crippen LogP contribution is 2.58. The molecule has 2 bridgehead atoms. The van der Waals surface area contributed by atoms with Gasteiger partial charge in [0.05, 0.1) is 30.8 Å². The van der Waals surface area contributed by atoms with Crippen LogP contribution in [0.2, 0.25) is 0 Å². The van der Waals surface area contributed by atoms with E-state index < -0.39 is 29.8 Å². The van der Waals surface area contributed by atoms with Crippen LogP contribution >= 0.6 is 0 Å². The van der Waals surface area contributed by atoms with E-state index in [0.29, 0.717) is 47.2 Å². The highest BCUT2D eigenvalue weighted by molar-refractivity contribution is 5.87. The third kappa shape index (κ3) is 6.64. The molecule has 14 heteroatoms. The molecule has 1 fully saturated rings. The number of likely N-dealkylation sites (N-methyl/N-ethyl adjacent to an activating group) is 1. The van der Waals surface area contributed by atoms with Crippen LogP contribution in [-0.4, -0.2) is 82.0 Å². The van der Waals surface area contributed by atoms with Gasteiger partial charge in [-0.3, -0.25) is 9.80 Å². The third-order valence-electron chi connectivity index (χ3n) is 10.9. The van der Waals surface area contributed by atoms with Crippen LogP contribution in [-0.2, 0) is 33.3 Å². The lowest BCUT2D eigenvalue weighted by atomic mass is 9.71. The third-order valence-corrected chi connectivity index (χ3v) is 10.9. The Labute approximate surface area is 317 Å². The Morgan fingerprint density at radius 2 is 1.84 bits per heavy atom. The van der Waals surface area contributed by atoms with Crippen molar-refractivity contribution in [3.8, 4) is 34.8 Å². The number of esters is 1. The Bertz CT molecular complexity index is 2080. The van der Waals surface area contributed by atoms with Crippen LogP contribution in [0.4, 0.5) is 13.2 Å². The molecule has 0 aliphatic carbocycles. The highest BCUT2D eigenvalue weighted by Gasteiger charge is 2.57. The zero-order valence-corrected chi connectivity index (χ0v) is 31.2. The fourth-order valence-corrected chi connectivity index (χ4v) is 8.76. The van der Waals surface area contributed by atoms with Gasteiger partial charge in [-0.2, -0.15) is 18.4 Å². The lowest BCUT2D eigenvalue weighted by Gasteiger charge is -2.59. The topological polar surface area (TPSA) is 112 Å². The molecule has 1 saturated heterocycles. The number of alkyl halides is 3. The molecule has 0 radical (unpaired) electrons. The monoisotopic (exact) mass is 761 g/mol. The predicted molar refractivity (Wildman–Crippen MR) is 194 cm³/mol. The van der Waals surface area contributed by atoms with Gasteiger partial charge in [-0.05, 0) is 68.6 Å². The number of ether oxygens (including phenoxy) is 7. The molecule has 0 amide bonds. The number of rotatable bonds is 11. The van der Waals surface area contributed by atoms with Crippen LogP contribution < -0.4 is 23.7 Å². The van der Waals surface area contributed by atoms with Gasteiger partial charge in [-0.25, -0.2) is 4.79 Å². The number of nitriles is 1. The van der Waals surface area contributed by atoms with Gasteiger partial charge in [0.2, 0.25) is 6.79 Å². The summed E-state index contributed by atoms with van der Waals surface area (Å²) in [5, 5.41) is 11.0. The molecule has 7 rings (SSSR count). The van der Waals surface area contributed by atoms with Gasteiger partial charge >= 0.3 is 12.1 Å². The number of halogens is 3. The maximum atomic E-state index is 13.4. The van der Waals surface area contributed by atoms with E-state index in [-0.39, 0.29) is 50.5 Å². The van der Waals surface area contributed by atoms with E-state index in [2.05, 4.69) is 28.5 Å². The number of fused-ring (bicyclic) bond motifs is 9. The number of piperazine rings is 1. The summed E-state index contributed by atoms with van der Waals surface area (Å²) < 4.78 is 82.0. The summed E-state index contributed by atoms with van der Waals surface area (Å²) in [6.45, 7) is 7.64. The van der Waals surface area contributed by atoms with Crippen LogP contribution in [0.15, 0.2) is 49.1 Å². The van der Waals surface area contributed by atoms with E-state index >= 15 is 0 Å². The average molecular weight is 762 g/mol. The SMILES string of the molecule is C=CCOc1c(C)c2c(c3c1CC1C4c5c(cc(C)c(OC)c5OCOC)CC([C@H](C#N)N1[C@H]3COC(=O)/C=C/c1cccc(C(F)(F)F)c1)N4C)OCO2. The minimum absolute atomic E-state index is 0.0149. The Kier molecular flexibility index (Phi) is 10.5. The van der Waals surface area contributed by atoms with Crippen molar-refractivity contribution >= 4 is 12.0 Å². The smallest absolute Gasteiger partial charge is 0.416 e. The van der Waals surface area contributed by atoms with Crippen molar-refractivity contribution in [1.82, 2.24) is 9.80 Å². The van der Waals surface area contributed by atoms with Gasteiger partial charge in [0.1, 0.15) is 25.0 Å². The first-order valence-corrected chi connectivity index (χ1v) is 17.8. The first-order chi connectivity index (χ1) is 26.4. The zero-order chi connectivity index (χ0) is 39.2. The van der Waals surface area contributed by atoms with Gasteiger partial charge < -0.3 is 33.2 Å². The number of hydrogen-bond acceptors (Lipinski definition) is 11. The van der Waals surface area contributed by atoms with Crippen molar-refractivity contribution in [3.05, 3.63) is 93.6 Å². The summed E-state index contributed by atoms with van der Waals surface area (Å²) in [7, 11) is 5.16. The second kappa shape index (κ2) is 15.1. The molecule has 0 saturated carbocycles. The molecule has 4 aliphatic heterocycles. The number of aryl methyl sites for hydroxylation is 1. The highest BCUT2D eigenvalue weighted by atomic mass is 19.4. The van der Waals surface area contributed by atoms with Crippen molar-refractivity contribution in [2.45, 2.75) is 63.1 Å². The van der Waals surface area contributed by atoms with Crippen LogP contribution in [0.3, 0.4) is 0 Å². The molecule has 290 valence electrons. The molecule has 4 aliphatic rings. The number of methoxy groups -OCH3 is 2. The Hall–Kier alpha value is -5.23. The molecule has 3 aromatic carbocycles. The van der Waals surface area contributed by atoms with E-state index in [1.807, 2.05) is 20.9 Å². The van der Waals surface area contributed by atoms with Gasteiger partial charge in [0.15, 0.2) is 29.8 Å². The minimum atomic E-state index is -4.53. The van der Waals surface area contributed by atoms with Crippen molar-refractivity contribution in [2.75, 3.05) is 48.1 Å². The largest absolute Gasteiger partial charge is 0.493 e. The summed E-state index contributed by atoms with van der Waals surface area (Å²) in [6.07, 6.45) is 0.430. The second-order valence-electron chi connectivity index (χ2n) is 14.0. The van der Waals surface area contributed by atoms with Crippen LogP contribution in [0.25, 0.3) is 6.08 Å². The summed E-state index contributed by atoms with van der Waals surface area (Å²) in [5.41, 5.74) is 4.44. The van der Waals surface area contributed by atoms with Gasteiger partial charge in [0, 0.05) is 47.5 Å². The maximum absolute atomic E-state index is 13.4. The molecule has 4 heterocycles. The summed E-state index contributed by atoms with van der Waals surface area (Å²) in [5.74, 6) is 1.95.